The Morgan fingerprint density at radius 1 is 1.21 bits per heavy atom. The second-order valence-electron chi connectivity index (χ2n) is 5.04. The Morgan fingerprint density at radius 3 is 2.54 bits per heavy atom. The average Bonchev–Trinajstić information content (AvgIpc) is 2.83. The van der Waals surface area contributed by atoms with Crippen LogP contribution < -0.4 is 9.47 Å². The number of nitrogens with zero attached hydrogens (tertiary/aromatic N) is 1. The monoisotopic (exact) mass is 325 g/mol. The van der Waals surface area contributed by atoms with Gasteiger partial charge in [0.25, 0.3) is 5.69 Å². The normalized spacial score (nSPS) is 14.2. The molecule has 0 atom stereocenters. The highest BCUT2D eigenvalue weighted by Crippen LogP contribution is 2.35. The molecule has 0 saturated carbocycles. The van der Waals surface area contributed by atoms with Gasteiger partial charge in [-0.25, -0.2) is 0 Å². The molecule has 1 heterocycles. The molecule has 7 nitrogen and oxygen atoms in total. The van der Waals surface area contributed by atoms with Crippen LogP contribution >= 0.6 is 0 Å². The fraction of sp³-hybridized carbons (Fsp3) is 0.0588. The van der Waals surface area contributed by atoms with Gasteiger partial charge in [-0.15, -0.1) is 0 Å². The Balaban J connectivity index is 1.87. The van der Waals surface area contributed by atoms with Gasteiger partial charge >= 0.3 is 5.97 Å². The van der Waals surface area contributed by atoms with Crippen molar-refractivity contribution in [2.75, 3.05) is 0 Å². The molecule has 2 aromatic rings. The molecule has 0 bridgehead atoms. The van der Waals surface area contributed by atoms with Crippen LogP contribution in [0.4, 0.5) is 5.69 Å². The van der Waals surface area contributed by atoms with Gasteiger partial charge in [0.05, 0.1) is 10.5 Å². The number of hydrogen-bond acceptors (Lipinski definition) is 6. The third kappa shape index (κ3) is 3.00. The highest BCUT2D eigenvalue weighted by atomic mass is 16.6. The number of carbonyl (C=O) groups excluding carboxylic acids is 2. The zero-order chi connectivity index (χ0) is 17.3. The standard InChI is InChI=1S/C17H11NO6/c1-10(19)23-13-6-7-14-15(9-13)24-16(17(14)20)8-11-2-4-12(5-3-11)18(21)22/h2-9H,1H3. The molecule has 0 radical (unpaired) electrons. The Labute approximate surface area is 136 Å². The van der Waals surface area contributed by atoms with Crippen LogP contribution in [-0.4, -0.2) is 16.7 Å². The second-order valence-corrected chi connectivity index (χ2v) is 5.04. The fourth-order valence-corrected chi connectivity index (χ4v) is 2.24. The largest absolute Gasteiger partial charge is 0.452 e. The summed E-state index contributed by atoms with van der Waals surface area (Å²) in [5.74, 6) is -0.102. The number of esters is 1. The first-order chi connectivity index (χ1) is 11.4. The maximum Gasteiger partial charge on any atom is 0.308 e. The molecular formula is C17H11NO6. The van der Waals surface area contributed by atoms with Crippen molar-refractivity contribution >= 4 is 23.5 Å². The van der Waals surface area contributed by atoms with Gasteiger partial charge in [-0.1, -0.05) is 0 Å². The molecular weight excluding hydrogens is 314 g/mol. The summed E-state index contributed by atoms with van der Waals surface area (Å²) in [6.07, 6.45) is 1.50. The maximum absolute atomic E-state index is 12.3. The van der Waals surface area contributed by atoms with Crippen LogP contribution in [0.3, 0.4) is 0 Å². The van der Waals surface area contributed by atoms with Crippen LogP contribution in [0.2, 0.25) is 0 Å². The number of non-ortho nitro benzene ring substituents is 1. The van der Waals surface area contributed by atoms with Gasteiger partial charge in [-0.3, -0.25) is 19.7 Å². The fourth-order valence-electron chi connectivity index (χ4n) is 2.24. The lowest BCUT2D eigenvalue weighted by atomic mass is 10.1. The highest BCUT2D eigenvalue weighted by molar-refractivity contribution is 6.14. The van der Waals surface area contributed by atoms with E-state index in [0.29, 0.717) is 16.9 Å². The van der Waals surface area contributed by atoms with Crippen molar-refractivity contribution in [2.24, 2.45) is 0 Å². The van der Waals surface area contributed by atoms with Crippen molar-refractivity contribution in [1.82, 2.24) is 0 Å². The van der Waals surface area contributed by atoms with Crippen molar-refractivity contribution in [3.63, 3.8) is 0 Å². The summed E-state index contributed by atoms with van der Waals surface area (Å²) in [6, 6.07) is 10.2. The van der Waals surface area contributed by atoms with Crippen LogP contribution in [0.1, 0.15) is 22.8 Å². The van der Waals surface area contributed by atoms with E-state index in [0.717, 1.165) is 0 Å². The lowest BCUT2D eigenvalue weighted by Crippen LogP contribution is -2.01. The second kappa shape index (κ2) is 5.96. The lowest BCUT2D eigenvalue weighted by molar-refractivity contribution is -0.384. The van der Waals surface area contributed by atoms with Crippen LogP contribution in [0.15, 0.2) is 48.2 Å². The topological polar surface area (TPSA) is 95.7 Å². The van der Waals surface area contributed by atoms with Crippen LogP contribution in [0, 0.1) is 10.1 Å². The summed E-state index contributed by atoms with van der Waals surface area (Å²) in [7, 11) is 0. The minimum absolute atomic E-state index is 0.0369. The first-order valence-electron chi connectivity index (χ1n) is 6.95. The number of rotatable bonds is 3. The minimum atomic E-state index is -0.499. The summed E-state index contributed by atoms with van der Waals surface area (Å²) >= 11 is 0. The average molecular weight is 325 g/mol. The molecule has 0 fully saturated rings. The third-order valence-corrected chi connectivity index (χ3v) is 3.30. The van der Waals surface area contributed by atoms with Crippen molar-refractivity contribution in [2.45, 2.75) is 6.92 Å². The van der Waals surface area contributed by atoms with Gasteiger partial charge in [-0.05, 0) is 35.9 Å². The molecule has 7 heteroatoms. The van der Waals surface area contributed by atoms with Crippen LogP contribution in [0.25, 0.3) is 6.08 Å². The number of carbonyl (C=O) groups is 2. The number of Topliss-reactive ketones (excluding diaryl/α,β-unsaturated/α-hetero) is 1. The van der Waals surface area contributed by atoms with E-state index in [9.17, 15) is 19.7 Å². The van der Waals surface area contributed by atoms with Gasteiger partial charge in [0.15, 0.2) is 5.76 Å². The van der Waals surface area contributed by atoms with E-state index >= 15 is 0 Å². The number of nitro benzene ring substituents is 1. The molecule has 0 aromatic heterocycles. The Morgan fingerprint density at radius 2 is 1.92 bits per heavy atom. The summed E-state index contributed by atoms with van der Waals surface area (Å²) in [5.41, 5.74) is 0.918. The van der Waals surface area contributed by atoms with Gasteiger partial charge in [0.2, 0.25) is 5.78 Å². The molecule has 1 aliphatic heterocycles. The van der Waals surface area contributed by atoms with E-state index < -0.39 is 10.9 Å². The van der Waals surface area contributed by atoms with E-state index in [1.807, 2.05) is 0 Å². The molecule has 0 saturated heterocycles. The molecule has 24 heavy (non-hydrogen) atoms. The number of ketones is 1. The van der Waals surface area contributed by atoms with E-state index in [1.165, 1.54) is 55.5 Å². The summed E-state index contributed by atoms with van der Waals surface area (Å²) in [4.78, 5) is 33.4. The molecule has 120 valence electrons. The predicted octanol–water partition coefficient (Wildman–Crippen LogP) is 3.14. The van der Waals surface area contributed by atoms with Crippen LogP contribution in [-0.2, 0) is 4.79 Å². The van der Waals surface area contributed by atoms with Crippen molar-refractivity contribution < 1.29 is 24.0 Å². The van der Waals surface area contributed by atoms with E-state index in [4.69, 9.17) is 9.47 Å². The molecule has 0 spiro atoms. The molecule has 0 N–H and O–H groups in total. The SMILES string of the molecule is CC(=O)Oc1ccc2c(c1)OC(=Cc1ccc([N+](=O)[O-])cc1)C2=O. The van der Waals surface area contributed by atoms with Gasteiger partial charge in [0.1, 0.15) is 11.5 Å². The van der Waals surface area contributed by atoms with Gasteiger partial charge in [-0.2, -0.15) is 0 Å². The molecule has 2 aromatic carbocycles. The number of ether oxygens (including phenoxy) is 2. The number of fused-ring (bicyclic) bond motifs is 1. The van der Waals surface area contributed by atoms with Crippen molar-refractivity contribution in [3.8, 4) is 11.5 Å². The van der Waals surface area contributed by atoms with E-state index in [1.54, 1.807) is 0 Å². The third-order valence-electron chi connectivity index (χ3n) is 3.30. The Bertz CT molecular complexity index is 882. The first kappa shape index (κ1) is 15.4. The maximum atomic E-state index is 12.3. The quantitative estimate of drug-likeness (QED) is 0.283. The lowest BCUT2D eigenvalue weighted by Gasteiger charge is -2.02. The Kier molecular flexibility index (Phi) is 3.83. The van der Waals surface area contributed by atoms with Gasteiger partial charge in [0, 0.05) is 25.1 Å². The summed E-state index contributed by atoms with van der Waals surface area (Å²) < 4.78 is 10.5. The van der Waals surface area contributed by atoms with E-state index in [2.05, 4.69) is 0 Å². The molecule has 0 unspecified atom stereocenters. The number of nitro groups is 1. The minimum Gasteiger partial charge on any atom is -0.452 e. The molecule has 3 rings (SSSR count). The van der Waals surface area contributed by atoms with Gasteiger partial charge < -0.3 is 9.47 Å². The molecule has 0 amide bonds. The van der Waals surface area contributed by atoms with E-state index in [-0.39, 0.29) is 23.0 Å². The number of hydrogen-bond donors (Lipinski definition) is 0. The molecule has 0 aliphatic carbocycles. The number of allylic oxidation sites excluding steroid dienone is 1. The van der Waals surface area contributed by atoms with Crippen LogP contribution in [0.5, 0.6) is 11.5 Å². The van der Waals surface area contributed by atoms with Crippen molar-refractivity contribution in [3.05, 3.63) is 69.5 Å². The summed E-state index contributed by atoms with van der Waals surface area (Å²) in [5, 5.41) is 10.6. The predicted molar refractivity (Wildman–Crippen MR) is 83.8 cm³/mol. The zero-order valence-electron chi connectivity index (χ0n) is 12.5. The molecule has 1 aliphatic rings. The zero-order valence-corrected chi connectivity index (χ0v) is 12.5. The first-order valence-corrected chi connectivity index (χ1v) is 6.95. The van der Waals surface area contributed by atoms with Crippen molar-refractivity contribution in [1.29, 1.82) is 0 Å². The number of benzene rings is 2. The smallest absolute Gasteiger partial charge is 0.308 e. The Hall–Kier alpha value is -3.48. The summed E-state index contributed by atoms with van der Waals surface area (Å²) in [6.45, 7) is 1.28. The highest BCUT2D eigenvalue weighted by Gasteiger charge is 2.27.